The summed E-state index contributed by atoms with van der Waals surface area (Å²) in [7, 11) is 0. The molecule has 0 radical (unpaired) electrons. The maximum atomic E-state index is 12.6. The Bertz CT molecular complexity index is 535. The number of nitrogens with zero attached hydrogens (tertiary/aromatic N) is 1. The van der Waals surface area contributed by atoms with Crippen LogP contribution < -0.4 is 0 Å². The molecular weight excluding hydrogens is 298 g/mol. The lowest BCUT2D eigenvalue weighted by Gasteiger charge is -2.35. The molecule has 1 saturated heterocycles. The van der Waals surface area contributed by atoms with E-state index in [9.17, 15) is 9.59 Å². The van der Waals surface area contributed by atoms with Crippen LogP contribution in [0.15, 0.2) is 18.2 Å². The summed E-state index contributed by atoms with van der Waals surface area (Å²) in [5.74, 6) is 0.494. The Morgan fingerprint density at radius 3 is 2.95 bits per heavy atom. The number of rotatable bonds is 3. The highest BCUT2D eigenvalue weighted by molar-refractivity contribution is 7.99. The van der Waals surface area contributed by atoms with Gasteiger partial charge in [-0.15, -0.1) is 0 Å². The third-order valence-corrected chi connectivity index (χ3v) is 4.66. The quantitative estimate of drug-likeness (QED) is 0.932. The zero-order valence-corrected chi connectivity index (χ0v) is 12.7. The van der Waals surface area contributed by atoms with E-state index in [2.05, 4.69) is 0 Å². The largest absolute Gasteiger partial charge is 0.481 e. The van der Waals surface area contributed by atoms with Crippen molar-refractivity contribution >= 4 is 35.2 Å². The van der Waals surface area contributed by atoms with Gasteiger partial charge in [0.15, 0.2) is 0 Å². The third-order valence-electron chi connectivity index (χ3n) is 3.33. The monoisotopic (exact) mass is 313 g/mol. The van der Waals surface area contributed by atoms with Crippen LogP contribution in [0.2, 0.25) is 5.02 Å². The predicted molar refractivity (Wildman–Crippen MR) is 80.6 cm³/mol. The minimum atomic E-state index is -0.877. The molecule has 0 bridgehead atoms. The van der Waals surface area contributed by atoms with Crippen molar-refractivity contribution in [2.75, 3.05) is 18.1 Å². The van der Waals surface area contributed by atoms with Crippen LogP contribution in [-0.4, -0.2) is 46.0 Å². The molecule has 1 aromatic carbocycles. The van der Waals surface area contributed by atoms with Gasteiger partial charge in [-0.3, -0.25) is 9.59 Å². The van der Waals surface area contributed by atoms with E-state index in [1.54, 1.807) is 34.9 Å². The lowest BCUT2D eigenvalue weighted by atomic mass is 10.1. The first-order valence-electron chi connectivity index (χ1n) is 6.35. The van der Waals surface area contributed by atoms with Gasteiger partial charge in [0, 0.05) is 28.6 Å². The predicted octanol–water partition coefficient (Wildman–Crippen LogP) is 2.68. The summed E-state index contributed by atoms with van der Waals surface area (Å²) in [6, 6.07) is 4.95. The van der Waals surface area contributed by atoms with E-state index in [1.165, 1.54) is 0 Å². The molecule has 1 unspecified atom stereocenters. The number of hydrogen-bond donors (Lipinski definition) is 1. The number of halogens is 1. The number of hydrogen-bond acceptors (Lipinski definition) is 3. The van der Waals surface area contributed by atoms with Crippen LogP contribution in [0.25, 0.3) is 0 Å². The molecule has 1 fully saturated rings. The minimum absolute atomic E-state index is 0.0155. The van der Waals surface area contributed by atoms with Gasteiger partial charge < -0.3 is 10.0 Å². The molecule has 6 heteroatoms. The number of carbonyl (C=O) groups excluding carboxylic acids is 1. The zero-order chi connectivity index (χ0) is 14.7. The van der Waals surface area contributed by atoms with Gasteiger partial charge in [0.1, 0.15) is 0 Å². The molecule has 2 rings (SSSR count). The number of benzene rings is 1. The van der Waals surface area contributed by atoms with Gasteiger partial charge in [-0.05, 0) is 24.6 Å². The standard InChI is InChI=1S/C14H16ClNO3S/c1-9-2-3-10(15)6-12(9)14(19)16-4-5-20-8-11(16)7-13(17)18/h2-3,6,11H,4-5,7-8H2,1H3,(H,17,18). The number of thioether (sulfide) groups is 1. The Labute approximate surface area is 127 Å². The summed E-state index contributed by atoms with van der Waals surface area (Å²) in [4.78, 5) is 25.2. The van der Waals surface area contributed by atoms with E-state index in [4.69, 9.17) is 16.7 Å². The highest BCUT2D eigenvalue weighted by Crippen LogP contribution is 2.24. The van der Waals surface area contributed by atoms with Crippen LogP contribution in [0.1, 0.15) is 22.3 Å². The van der Waals surface area contributed by atoms with Crippen LogP contribution in [0.4, 0.5) is 0 Å². The first-order valence-corrected chi connectivity index (χ1v) is 7.89. The molecule has 1 aromatic rings. The topological polar surface area (TPSA) is 57.6 Å². The van der Waals surface area contributed by atoms with Gasteiger partial charge >= 0.3 is 5.97 Å². The number of carboxylic acids is 1. The van der Waals surface area contributed by atoms with E-state index < -0.39 is 5.97 Å². The van der Waals surface area contributed by atoms with Crippen LogP contribution >= 0.6 is 23.4 Å². The van der Waals surface area contributed by atoms with E-state index >= 15 is 0 Å². The minimum Gasteiger partial charge on any atom is -0.481 e. The van der Waals surface area contributed by atoms with Crippen molar-refractivity contribution in [2.45, 2.75) is 19.4 Å². The smallest absolute Gasteiger partial charge is 0.305 e. The Kier molecular flexibility index (Phi) is 4.94. The Morgan fingerprint density at radius 2 is 2.25 bits per heavy atom. The maximum absolute atomic E-state index is 12.6. The summed E-state index contributed by atoms with van der Waals surface area (Å²) in [5, 5.41) is 9.48. The van der Waals surface area contributed by atoms with Crippen LogP contribution in [0, 0.1) is 6.92 Å². The Morgan fingerprint density at radius 1 is 1.50 bits per heavy atom. The van der Waals surface area contributed by atoms with Crippen LogP contribution in [0.5, 0.6) is 0 Å². The second-order valence-electron chi connectivity index (χ2n) is 4.78. The molecule has 0 aromatic heterocycles. The Hall–Kier alpha value is -1.20. The summed E-state index contributed by atoms with van der Waals surface area (Å²) >= 11 is 7.64. The van der Waals surface area contributed by atoms with Crippen molar-refractivity contribution < 1.29 is 14.7 Å². The molecule has 108 valence electrons. The number of amides is 1. The lowest BCUT2D eigenvalue weighted by molar-refractivity contribution is -0.138. The van der Waals surface area contributed by atoms with Gasteiger partial charge in [-0.25, -0.2) is 0 Å². The number of aliphatic carboxylic acids is 1. The highest BCUT2D eigenvalue weighted by Gasteiger charge is 2.30. The second kappa shape index (κ2) is 6.50. The van der Waals surface area contributed by atoms with Crippen molar-refractivity contribution in [3.8, 4) is 0 Å². The summed E-state index contributed by atoms with van der Waals surface area (Å²) < 4.78 is 0. The van der Waals surface area contributed by atoms with Crippen molar-refractivity contribution in [3.05, 3.63) is 34.3 Å². The van der Waals surface area contributed by atoms with E-state index in [0.717, 1.165) is 11.3 Å². The van der Waals surface area contributed by atoms with E-state index in [-0.39, 0.29) is 18.4 Å². The first kappa shape index (κ1) is 15.2. The molecule has 0 saturated carbocycles. The average Bonchev–Trinajstić information content (AvgIpc) is 2.41. The fraction of sp³-hybridized carbons (Fsp3) is 0.429. The van der Waals surface area contributed by atoms with E-state index in [1.807, 2.05) is 6.92 Å². The molecule has 1 aliphatic heterocycles. The SMILES string of the molecule is Cc1ccc(Cl)cc1C(=O)N1CCSCC1CC(=O)O. The second-order valence-corrected chi connectivity index (χ2v) is 6.37. The van der Waals surface area contributed by atoms with Crippen LogP contribution in [-0.2, 0) is 4.79 Å². The van der Waals surface area contributed by atoms with Crippen molar-refractivity contribution in [1.82, 2.24) is 4.90 Å². The molecule has 4 nitrogen and oxygen atoms in total. The van der Waals surface area contributed by atoms with Gasteiger partial charge in [-0.1, -0.05) is 17.7 Å². The summed E-state index contributed by atoms with van der Waals surface area (Å²) in [6.07, 6.45) is -0.0155. The van der Waals surface area contributed by atoms with E-state index in [0.29, 0.717) is 22.9 Å². The van der Waals surface area contributed by atoms with Gasteiger partial charge in [0.05, 0.1) is 12.5 Å². The zero-order valence-electron chi connectivity index (χ0n) is 11.1. The average molecular weight is 314 g/mol. The fourth-order valence-electron chi connectivity index (χ4n) is 2.27. The Balaban J connectivity index is 2.25. The van der Waals surface area contributed by atoms with Gasteiger partial charge in [0.2, 0.25) is 0 Å². The lowest BCUT2D eigenvalue weighted by Crippen LogP contribution is -2.47. The molecule has 1 aliphatic rings. The van der Waals surface area contributed by atoms with Crippen molar-refractivity contribution in [2.24, 2.45) is 0 Å². The maximum Gasteiger partial charge on any atom is 0.305 e. The molecule has 1 heterocycles. The molecule has 20 heavy (non-hydrogen) atoms. The molecule has 1 atom stereocenters. The molecular formula is C14H16ClNO3S. The number of carbonyl (C=O) groups is 2. The molecule has 0 spiro atoms. The molecule has 1 N–H and O–H groups in total. The van der Waals surface area contributed by atoms with Crippen molar-refractivity contribution in [3.63, 3.8) is 0 Å². The van der Waals surface area contributed by atoms with Crippen LogP contribution in [0.3, 0.4) is 0 Å². The molecule has 1 amide bonds. The highest BCUT2D eigenvalue weighted by atomic mass is 35.5. The number of carboxylic acid groups (broad SMARTS) is 1. The fourth-order valence-corrected chi connectivity index (χ4v) is 3.51. The normalized spacial score (nSPS) is 18.9. The van der Waals surface area contributed by atoms with Gasteiger partial charge in [-0.2, -0.15) is 11.8 Å². The third kappa shape index (κ3) is 3.46. The molecule has 0 aliphatic carbocycles. The van der Waals surface area contributed by atoms with Gasteiger partial charge in [0.25, 0.3) is 5.91 Å². The number of aryl methyl sites for hydroxylation is 1. The summed E-state index contributed by atoms with van der Waals surface area (Å²) in [5.41, 5.74) is 1.41. The van der Waals surface area contributed by atoms with Crippen molar-refractivity contribution in [1.29, 1.82) is 0 Å². The summed E-state index contributed by atoms with van der Waals surface area (Å²) in [6.45, 7) is 2.43. The first-order chi connectivity index (χ1) is 9.49.